The molecule has 1 spiro atoms. The van der Waals surface area contributed by atoms with Crippen molar-refractivity contribution in [2.45, 2.75) is 57.3 Å². The summed E-state index contributed by atoms with van der Waals surface area (Å²) in [6.07, 6.45) is 7.32. The second-order valence-electron chi connectivity index (χ2n) is 8.46. The van der Waals surface area contributed by atoms with Crippen molar-refractivity contribution in [3.63, 3.8) is 0 Å². The Morgan fingerprint density at radius 3 is 2.75 bits per heavy atom. The number of carbonyl (C=O) groups excluding carboxylic acids is 1. The van der Waals surface area contributed by atoms with Crippen LogP contribution in [0.2, 0.25) is 0 Å². The van der Waals surface area contributed by atoms with Crippen LogP contribution < -0.4 is 0 Å². The lowest BCUT2D eigenvalue weighted by atomic mass is 9.62. The number of allylic oxidation sites excluding steroid dienone is 2. The number of hydrogen-bond donors (Lipinski definition) is 0. The van der Waals surface area contributed by atoms with E-state index in [1.807, 2.05) is 0 Å². The third kappa shape index (κ3) is 1.84. The van der Waals surface area contributed by atoms with Gasteiger partial charge >= 0.3 is 0 Å². The van der Waals surface area contributed by atoms with Crippen molar-refractivity contribution in [1.29, 1.82) is 0 Å². The van der Waals surface area contributed by atoms with E-state index in [1.54, 1.807) is 5.57 Å². The van der Waals surface area contributed by atoms with Gasteiger partial charge in [-0.05, 0) is 58.6 Å². The van der Waals surface area contributed by atoms with Crippen LogP contribution in [0.4, 0.5) is 0 Å². The standard InChI is InChI=1S/C23H24O/c1-14(2)20-5-3-4-16-11-22-17(10-21(16)20)9-19(24)13-23(22)12-15-6-7-18(23)8-15/h3-6,10-11,14,18H,7-9,12-13H2,1-2H3. The Hall–Kier alpha value is -1.89. The highest BCUT2D eigenvalue weighted by Gasteiger charge is 2.51. The van der Waals surface area contributed by atoms with Crippen molar-refractivity contribution in [1.82, 2.24) is 0 Å². The molecule has 2 atom stereocenters. The molecule has 1 nitrogen and oxygen atoms in total. The molecular formula is C23H24O. The molecule has 2 unspecified atom stereocenters. The fourth-order valence-electron chi connectivity index (χ4n) is 5.66. The molecule has 2 aromatic carbocycles. The van der Waals surface area contributed by atoms with Crippen LogP contribution in [0, 0.1) is 5.92 Å². The summed E-state index contributed by atoms with van der Waals surface area (Å²) in [5, 5.41) is 2.70. The fourth-order valence-corrected chi connectivity index (χ4v) is 5.66. The van der Waals surface area contributed by atoms with E-state index in [0.717, 1.165) is 12.8 Å². The maximum absolute atomic E-state index is 12.6. The number of hydrogen-bond acceptors (Lipinski definition) is 1. The third-order valence-corrected chi connectivity index (χ3v) is 6.72. The van der Waals surface area contributed by atoms with Crippen LogP contribution >= 0.6 is 0 Å². The Morgan fingerprint density at radius 2 is 2.04 bits per heavy atom. The number of ketones is 1. The SMILES string of the molecule is CC(C)c1cccc2cc3c(cc12)CC(=O)CC31CC2=CCC1C2. The summed E-state index contributed by atoms with van der Waals surface area (Å²) in [6, 6.07) is 11.5. The van der Waals surface area contributed by atoms with Gasteiger partial charge in [0.2, 0.25) is 0 Å². The van der Waals surface area contributed by atoms with E-state index >= 15 is 0 Å². The molecule has 1 saturated carbocycles. The molecular weight excluding hydrogens is 292 g/mol. The highest BCUT2D eigenvalue weighted by Crippen LogP contribution is 2.58. The molecule has 5 rings (SSSR count). The van der Waals surface area contributed by atoms with Gasteiger partial charge in [-0.1, -0.05) is 55.8 Å². The van der Waals surface area contributed by atoms with Crippen LogP contribution in [0.5, 0.6) is 0 Å². The first-order valence-corrected chi connectivity index (χ1v) is 9.32. The van der Waals surface area contributed by atoms with E-state index in [0.29, 0.717) is 24.0 Å². The van der Waals surface area contributed by atoms with E-state index in [2.05, 4.69) is 50.3 Å². The molecule has 0 amide bonds. The smallest absolute Gasteiger partial charge is 0.138 e. The van der Waals surface area contributed by atoms with Crippen molar-refractivity contribution in [2.75, 3.05) is 0 Å². The van der Waals surface area contributed by atoms with Gasteiger partial charge in [-0.2, -0.15) is 0 Å². The summed E-state index contributed by atoms with van der Waals surface area (Å²) in [6.45, 7) is 4.51. The summed E-state index contributed by atoms with van der Waals surface area (Å²) < 4.78 is 0. The van der Waals surface area contributed by atoms with E-state index in [1.165, 1.54) is 40.3 Å². The summed E-state index contributed by atoms with van der Waals surface area (Å²) in [5.41, 5.74) is 5.90. The van der Waals surface area contributed by atoms with Gasteiger partial charge in [-0.15, -0.1) is 0 Å². The first-order valence-electron chi connectivity index (χ1n) is 9.32. The Morgan fingerprint density at radius 1 is 1.17 bits per heavy atom. The quantitative estimate of drug-likeness (QED) is 0.639. The predicted octanol–water partition coefficient (Wildman–Crippen LogP) is 5.46. The van der Waals surface area contributed by atoms with Crippen LogP contribution in [0.1, 0.15) is 62.1 Å². The molecule has 0 radical (unpaired) electrons. The minimum atomic E-state index is 0.108. The third-order valence-electron chi connectivity index (χ3n) is 6.72. The van der Waals surface area contributed by atoms with E-state index in [4.69, 9.17) is 0 Å². The Balaban J connectivity index is 1.77. The van der Waals surface area contributed by atoms with Gasteiger partial charge in [0.05, 0.1) is 0 Å². The van der Waals surface area contributed by atoms with Crippen LogP contribution in [-0.2, 0) is 16.6 Å². The van der Waals surface area contributed by atoms with Gasteiger partial charge in [0.15, 0.2) is 0 Å². The zero-order chi connectivity index (χ0) is 16.5. The lowest BCUT2D eigenvalue weighted by Crippen LogP contribution is -2.39. The van der Waals surface area contributed by atoms with Crippen molar-refractivity contribution in [3.05, 3.63) is 58.7 Å². The highest BCUT2D eigenvalue weighted by molar-refractivity contribution is 5.92. The number of benzene rings is 2. The molecule has 1 fully saturated rings. The van der Waals surface area contributed by atoms with Gasteiger partial charge in [0.25, 0.3) is 0 Å². The van der Waals surface area contributed by atoms with Gasteiger partial charge in [0, 0.05) is 18.3 Å². The second-order valence-corrected chi connectivity index (χ2v) is 8.46. The number of fused-ring (bicyclic) bond motifs is 6. The molecule has 3 aliphatic rings. The molecule has 0 saturated heterocycles. The topological polar surface area (TPSA) is 17.1 Å². The molecule has 2 aromatic rings. The molecule has 0 aliphatic heterocycles. The molecule has 0 heterocycles. The van der Waals surface area contributed by atoms with Crippen LogP contribution in [-0.4, -0.2) is 5.78 Å². The van der Waals surface area contributed by atoms with Gasteiger partial charge < -0.3 is 0 Å². The minimum Gasteiger partial charge on any atom is -0.299 e. The van der Waals surface area contributed by atoms with Crippen LogP contribution in [0.15, 0.2) is 42.0 Å². The number of rotatable bonds is 1. The van der Waals surface area contributed by atoms with E-state index in [9.17, 15) is 4.79 Å². The second kappa shape index (κ2) is 4.81. The summed E-state index contributed by atoms with van der Waals surface area (Å²) in [5.74, 6) is 1.60. The van der Waals surface area contributed by atoms with Crippen molar-refractivity contribution < 1.29 is 4.79 Å². The summed E-state index contributed by atoms with van der Waals surface area (Å²) in [7, 11) is 0. The van der Waals surface area contributed by atoms with Crippen molar-refractivity contribution in [2.24, 2.45) is 5.92 Å². The fraction of sp³-hybridized carbons (Fsp3) is 0.435. The summed E-state index contributed by atoms with van der Waals surface area (Å²) >= 11 is 0. The summed E-state index contributed by atoms with van der Waals surface area (Å²) in [4.78, 5) is 12.6. The van der Waals surface area contributed by atoms with Crippen molar-refractivity contribution in [3.8, 4) is 0 Å². The lowest BCUT2D eigenvalue weighted by molar-refractivity contribution is -0.120. The molecule has 122 valence electrons. The molecule has 3 aliphatic carbocycles. The van der Waals surface area contributed by atoms with Gasteiger partial charge in [0.1, 0.15) is 5.78 Å². The normalized spacial score (nSPS) is 28.0. The number of carbonyl (C=O) groups is 1. The maximum Gasteiger partial charge on any atom is 0.138 e. The zero-order valence-electron chi connectivity index (χ0n) is 14.6. The molecule has 0 aromatic heterocycles. The highest BCUT2D eigenvalue weighted by atomic mass is 16.1. The zero-order valence-corrected chi connectivity index (χ0v) is 14.6. The predicted molar refractivity (Wildman–Crippen MR) is 98.5 cm³/mol. The molecule has 1 heteroatoms. The molecule has 24 heavy (non-hydrogen) atoms. The average Bonchev–Trinajstić information content (AvgIpc) is 3.14. The average molecular weight is 316 g/mol. The number of Topliss-reactive ketones (excluding diaryl/α,β-unsaturated/α-hetero) is 1. The Labute approximate surface area is 143 Å². The van der Waals surface area contributed by atoms with Gasteiger partial charge in [-0.3, -0.25) is 4.79 Å². The van der Waals surface area contributed by atoms with E-state index < -0.39 is 0 Å². The van der Waals surface area contributed by atoms with Crippen LogP contribution in [0.25, 0.3) is 10.8 Å². The van der Waals surface area contributed by atoms with Crippen molar-refractivity contribution >= 4 is 16.6 Å². The lowest BCUT2D eigenvalue weighted by Gasteiger charge is -2.41. The first kappa shape index (κ1) is 14.5. The largest absolute Gasteiger partial charge is 0.299 e. The maximum atomic E-state index is 12.6. The molecule has 2 bridgehead atoms. The van der Waals surface area contributed by atoms with Crippen LogP contribution in [0.3, 0.4) is 0 Å². The monoisotopic (exact) mass is 316 g/mol. The van der Waals surface area contributed by atoms with Gasteiger partial charge in [-0.25, -0.2) is 0 Å². The van der Waals surface area contributed by atoms with E-state index in [-0.39, 0.29) is 5.41 Å². The first-order chi connectivity index (χ1) is 11.6. The molecule has 0 N–H and O–H groups in total. The Kier molecular flexibility index (Phi) is 2.90. The Bertz CT molecular complexity index is 902. The minimum absolute atomic E-state index is 0.108.